The topological polar surface area (TPSA) is 84.3 Å². The molecule has 2 N–H and O–H groups in total. The molecule has 0 radical (unpaired) electrons. The number of carboxylic acid groups (broad SMARTS) is 1. The van der Waals surface area contributed by atoms with Crippen LogP contribution in [0.25, 0.3) is 0 Å². The van der Waals surface area contributed by atoms with Crippen molar-refractivity contribution >= 4 is 51.5 Å². The fraction of sp³-hybridized carbons (Fsp3) is 0.318. The number of carboxylic acids is 1. The van der Waals surface area contributed by atoms with E-state index in [0.29, 0.717) is 34.5 Å². The van der Waals surface area contributed by atoms with Crippen LogP contribution in [-0.4, -0.2) is 21.0 Å². The van der Waals surface area contributed by atoms with E-state index in [9.17, 15) is 9.90 Å². The number of thiazole rings is 1. The fourth-order valence-electron chi connectivity index (χ4n) is 3.85. The second-order valence-electron chi connectivity index (χ2n) is 7.45. The summed E-state index contributed by atoms with van der Waals surface area (Å²) < 4.78 is 6.37. The van der Waals surface area contributed by atoms with Crippen LogP contribution < -0.4 is 10.1 Å². The first kappa shape index (κ1) is 21.9. The molecule has 6 nitrogen and oxygen atoms in total. The minimum atomic E-state index is -0.735. The Morgan fingerprint density at radius 2 is 1.94 bits per heavy atom. The molecule has 9 heteroatoms. The van der Waals surface area contributed by atoms with Crippen molar-refractivity contribution in [2.24, 2.45) is 11.8 Å². The number of aromatic nitrogens is 2. The lowest BCUT2D eigenvalue weighted by Gasteiger charge is -2.33. The summed E-state index contributed by atoms with van der Waals surface area (Å²) in [5, 5.41) is 16.0. The smallest absolute Gasteiger partial charge is 0.306 e. The number of nitrogens with one attached hydrogen (secondary N) is 1. The Bertz CT molecular complexity index is 1040. The summed E-state index contributed by atoms with van der Waals surface area (Å²) in [6.45, 7) is 0. The van der Waals surface area contributed by atoms with E-state index in [2.05, 4.69) is 10.3 Å². The summed E-state index contributed by atoms with van der Waals surface area (Å²) in [7, 11) is 0. The van der Waals surface area contributed by atoms with E-state index in [1.807, 2.05) is 23.6 Å². The minimum absolute atomic E-state index is 0.105. The number of benzene rings is 1. The number of nitrogens with zero attached hydrogens (tertiary/aromatic N) is 2. The molecule has 1 aromatic carbocycles. The number of rotatable bonds is 7. The zero-order valence-electron chi connectivity index (χ0n) is 16.5. The SMILES string of the molecule is O=C(O)C1CCC(C(Oc2cccc(Cl)c2Cl)c2cccc(Nc3nccs3)n2)CC1. The number of hydrogen-bond acceptors (Lipinski definition) is 6. The molecule has 4 rings (SSSR count). The fourth-order valence-corrected chi connectivity index (χ4v) is 4.73. The van der Waals surface area contributed by atoms with Crippen LogP contribution in [0.15, 0.2) is 48.0 Å². The lowest BCUT2D eigenvalue weighted by molar-refractivity contribution is -0.143. The van der Waals surface area contributed by atoms with Crippen LogP contribution in [0.4, 0.5) is 10.9 Å². The highest BCUT2D eigenvalue weighted by molar-refractivity contribution is 7.13. The summed E-state index contributed by atoms with van der Waals surface area (Å²) in [4.78, 5) is 20.4. The van der Waals surface area contributed by atoms with E-state index < -0.39 is 5.97 Å². The molecular weight excluding hydrogens is 457 g/mol. The molecule has 0 saturated heterocycles. The van der Waals surface area contributed by atoms with Gasteiger partial charge in [0, 0.05) is 17.5 Å². The Kier molecular flexibility index (Phi) is 6.95. The maximum Gasteiger partial charge on any atom is 0.306 e. The predicted molar refractivity (Wildman–Crippen MR) is 123 cm³/mol. The predicted octanol–water partition coefficient (Wildman–Crippen LogP) is 6.60. The molecule has 162 valence electrons. The van der Waals surface area contributed by atoms with Gasteiger partial charge in [-0.3, -0.25) is 4.79 Å². The quantitative estimate of drug-likeness (QED) is 0.398. The third-order valence-electron chi connectivity index (χ3n) is 5.45. The first-order valence-electron chi connectivity index (χ1n) is 9.98. The van der Waals surface area contributed by atoms with E-state index in [1.165, 1.54) is 11.3 Å². The summed E-state index contributed by atoms with van der Waals surface area (Å²) >= 11 is 14.0. The number of carbonyl (C=O) groups is 1. The van der Waals surface area contributed by atoms with Gasteiger partial charge in [0.15, 0.2) is 5.13 Å². The van der Waals surface area contributed by atoms with Crippen LogP contribution in [-0.2, 0) is 4.79 Å². The Morgan fingerprint density at radius 3 is 2.65 bits per heavy atom. The molecule has 0 amide bonds. The van der Waals surface area contributed by atoms with Gasteiger partial charge >= 0.3 is 5.97 Å². The zero-order chi connectivity index (χ0) is 21.8. The maximum absolute atomic E-state index is 11.4. The normalized spacial score (nSPS) is 19.5. The van der Waals surface area contributed by atoms with Crippen molar-refractivity contribution in [2.45, 2.75) is 31.8 Å². The van der Waals surface area contributed by atoms with Gasteiger partial charge in [0.05, 0.1) is 16.6 Å². The number of halogens is 2. The monoisotopic (exact) mass is 477 g/mol. The Hall–Kier alpha value is -2.35. The number of aliphatic carboxylic acids is 1. The largest absolute Gasteiger partial charge is 0.482 e. The standard InChI is InChI=1S/C22H21Cl2N3O3S/c23-15-3-1-5-17(19(15)24)30-20(13-7-9-14(10-8-13)21(28)29)16-4-2-6-18(26-16)27-22-25-11-12-31-22/h1-6,11-14,20H,7-10H2,(H,28,29)(H,25,26,27). The van der Waals surface area contributed by atoms with E-state index in [1.54, 1.807) is 24.4 Å². The van der Waals surface area contributed by atoms with Crippen molar-refractivity contribution in [1.82, 2.24) is 9.97 Å². The number of hydrogen-bond donors (Lipinski definition) is 2. The minimum Gasteiger partial charge on any atom is -0.482 e. The Balaban J connectivity index is 1.62. The van der Waals surface area contributed by atoms with Crippen LogP contribution in [0.5, 0.6) is 5.75 Å². The summed E-state index contributed by atoms with van der Waals surface area (Å²) in [6.07, 6.45) is 4.02. The molecule has 3 aromatic rings. The van der Waals surface area contributed by atoms with Crippen LogP contribution >= 0.6 is 34.5 Å². The lowest BCUT2D eigenvalue weighted by atomic mass is 9.78. The van der Waals surface area contributed by atoms with E-state index in [-0.39, 0.29) is 17.9 Å². The van der Waals surface area contributed by atoms with Crippen molar-refractivity contribution < 1.29 is 14.6 Å². The van der Waals surface area contributed by atoms with Gasteiger partial charge in [0.25, 0.3) is 0 Å². The molecule has 0 spiro atoms. The van der Waals surface area contributed by atoms with Crippen LogP contribution in [0, 0.1) is 11.8 Å². The van der Waals surface area contributed by atoms with Crippen molar-refractivity contribution in [3.05, 3.63) is 63.7 Å². The molecular formula is C22H21Cl2N3O3S. The summed E-state index contributed by atoms with van der Waals surface area (Å²) in [5.41, 5.74) is 0.747. The Morgan fingerprint density at radius 1 is 1.16 bits per heavy atom. The van der Waals surface area contributed by atoms with Crippen LogP contribution in [0.1, 0.15) is 37.5 Å². The average Bonchev–Trinajstić information content (AvgIpc) is 3.28. The molecule has 1 aliphatic rings. The van der Waals surface area contributed by atoms with Gasteiger partial charge in [-0.1, -0.05) is 35.3 Å². The van der Waals surface area contributed by atoms with E-state index in [4.69, 9.17) is 32.9 Å². The second-order valence-corrected chi connectivity index (χ2v) is 9.13. The van der Waals surface area contributed by atoms with Gasteiger partial charge in [-0.25, -0.2) is 9.97 Å². The highest BCUT2D eigenvalue weighted by Gasteiger charge is 2.34. The third kappa shape index (κ3) is 5.29. The van der Waals surface area contributed by atoms with Crippen LogP contribution in [0.3, 0.4) is 0 Å². The van der Waals surface area contributed by atoms with Crippen molar-refractivity contribution in [2.75, 3.05) is 5.32 Å². The van der Waals surface area contributed by atoms with Gasteiger partial charge < -0.3 is 15.2 Å². The third-order valence-corrected chi connectivity index (χ3v) is 6.94. The highest BCUT2D eigenvalue weighted by Crippen LogP contribution is 2.42. The Labute approximate surface area is 194 Å². The number of pyridine rings is 1. The molecule has 2 heterocycles. The highest BCUT2D eigenvalue weighted by atomic mass is 35.5. The molecule has 1 saturated carbocycles. The maximum atomic E-state index is 11.4. The molecule has 31 heavy (non-hydrogen) atoms. The van der Waals surface area contributed by atoms with Gasteiger partial charge in [-0.05, 0) is 49.9 Å². The molecule has 0 aliphatic heterocycles. The van der Waals surface area contributed by atoms with Gasteiger partial charge in [0.1, 0.15) is 22.7 Å². The second kappa shape index (κ2) is 9.85. The molecule has 2 aromatic heterocycles. The summed E-state index contributed by atoms with van der Waals surface area (Å²) in [5.74, 6) is 0.212. The van der Waals surface area contributed by atoms with Crippen molar-refractivity contribution in [1.29, 1.82) is 0 Å². The molecule has 1 atom stereocenters. The lowest BCUT2D eigenvalue weighted by Crippen LogP contribution is -2.28. The molecule has 1 aliphatic carbocycles. The molecule has 1 unspecified atom stereocenters. The van der Waals surface area contributed by atoms with Crippen LogP contribution in [0.2, 0.25) is 10.0 Å². The average molecular weight is 478 g/mol. The van der Waals surface area contributed by atoms with Gasteiger partial charge in [-0.2, -0.15) is 0 Å². The number of ether oxygens (including phenoxy) is 1. The first-order chi connectivity index (χ1) is 15.0. The summed E-state index contributed by atoms with van der Waals surface area (Å²) in [6, 6.07) is 11.0. The zero-order valence-corrected chi connectivity index (χ0v) is 18.8. The van der Waals surface area contributed by atoms with Gasteiger partial charge in [-0.15, -0.1) is 11.3 Å². The number of anilines is 2. The van der Waals surface area contributed by atoms with Crippen molar-refractivity contribution in [3.8, 4) is 5.75 Å². The van der Waals surface area contributed by atoms with Gasteiger partial charge in [0.2, 0.25) is 0 Å². The van der Waals surface area contributed by atoms with E-state index in [0.717, 1.165) is 23.7 Å². The van der Waals surface area contributed by atoms with Crippen molar-refractivity contribution in [3.63, 3.8) is 0 Å². The molecule has 1 fully saturated rings. The van der Waals surface area contributed by atoms with E-state index >= 15 is 0 Å². The first-order valence-corrected chi connectivity index (χ1v) is 11.6. The molecule has 0 bridgehead atoms.